The predicted molar refractivity (Wildman–Crippen MR) is 40.7 cm³/mol. The first-order valence-electron chi connectivity index (χ1n) is 3.00. The van der Waals surface area contributed by atoms with Crippen LogP contribution >= 0.6 is 11.6 Å². The molecule has 1 N–H and O–H groups in total. The maximum absolute atomic E-state index is 10.7. The predicted octanol–water partition coefficient (Wildman–Crippen LogP) is 1.18. The fourth-order valence-corrected chi connectivity index (χ4v) is 0.918. The van der Waals surface area contributed by atoms with Crippen LogP contribution in [0, 0.1) is 0 Å². The van der Waals surface area contributed by atoms with Crippen molar-refractivity contribution in [3.8, 4) is 0 Å². The van der Waals surface area contributed by atoms with Crippen molar-refractivity contribution in [3.05, 3.63) is 23.4 Å². The first-order valence-corrected chi connectivity index (χ1v) is 3.38. The van der Waals surface area contributed by atoms with Gasteiger partial charge in [0.2, 0.25) is 0 Å². The van der Waals surface area contributed by atoms with Gasteiger partial charge in [0, 0.05) is 5.03 Å². The topological polar surface area (TPSA) is 29.1 Å². The van der Waals surface area contributed by atoms with E-state index in [9.17, 15) is 4.79 Å². The Balaban J connectivity index is 2.69. The summed E-state index contributed by atoms with van der Waals surface area (Å²) in [5.41, 5.74) is 0. The van der Waals surface area contributed by atoms with E-state index in [4.69, 9.17) is 11.6 Å². The van der Waals surface area contributed by atoms with Crippen LogP contribution in [0.15, 0.2) is 23.4 Å². The number of ketones is 1. The van der Waals surface area contributed by atoms with Gasteiger partial charge in [-0.05, 0) is 25.3 Å². The minimum atomic E-state index is -0.238. The quantitative estimate of drug-likeness (QED) is 0.620. The number of hydrogen-bond donors (Lipinski definition) is 1. The van der Waals surface area contributed by atoms with E-state index in [0.717, 1.165) is 0 Å². The number of dihydropyridines is 1. The number of rotatable bonds is 1. The average molecular weight is 158 g/mol. The fraction of sp³-hybridized carbons (Fsp3) is 0.286. The number of hydrogen-bond acceptors (Lipinski definition) is 2. The normalized spacial score (nSPS) is 23.4. The number of carbonyl (C=O) groups is 1. The molecule has 1 aliphatic heterocycles. The molecule has 54 valence electrons. The molecule has 10 heavy (non-hydrogen) atoms. The zero-order chi connectivity index (χ0) is 7.56. The number of carbonyl (C=O) groups excluding carboxylic acids is 1. The molecule has 0 bridgehead atoms. The highest BCUT2D eigenvalue weighted by Crippen LogP contribution is 2.08. The third-order valence-corrected chi connectivity index (χ3v) is 1.53. The third-order valence-electron chi connectivity index (χ3n) is 1.28. The summed E-state index contributed by atoms with van der Waals surface area (Å²) in [7, 11) is 0. The van der Waals surface area contributed by atoms with E-state index < -0.39 is 0 Å². The van der Waals surface area contributed by atoms with Crippen LogP contribution in [-0.2, 0) is 4.79 Å². The molecule has 2 nitrogen and oxygen atoms in total. The Morgan fingerprint density at radius 3 is 2.90 bits per heavy atom. The number of Topliss-reactive ketones (excluding diaryl/α,β-unsaturated/α-hetero) is 1. The van der Waals surface area contributed by atoms with Gasteiger partial charge in [-0.3, -0.25) is 4.79 Å². The molecule has 1 atom stereocenters. The summed E-state index contributed by atoms with van der Waals surface area (Å²) >= 11 is 5.64. The lowest BCUT2D eigenvalue weighted by molar-refractivity contribution is -0.117. The van der Waals surface area contributed by atoms with Crippen LogP contribution in [0.3, 0.4) is 0 Å². The van der Waals surface area contributed by atoms with Crippen molar-refractivity contribution in [1.82, 2.24) is 5.32 Å². The maximum atomic E-state index is 10.7. The first-order chi connectivity index (χ1) is 4.70. The van der Waals surface area contributed by atoms with E-state index in [1.807, 2.05) is 0 Å². The Morgan fingerprint density at radius 1 is 1.80 bits per heavy atom. The van der Waals surface area contributed by atoms with E-state index in [-0.39, 0.29) is 11.8 Å². The average Bonchev–Trinajstić information content (AvgIpc) is 1.88. The fourth-order valence-electron chi connectivity index (χ4n) is 0.729. The summed E-state index contributed by atoms with van der Waals surface area (Å²) in [4.78, 5) is 10.7. The van der Waals surface area contributed by atoms with Gasteiger partial charge in [-0.2, -0.15) is 0 Å². The van der Waals surface area contributed by atoms with Gasteiger partial charge in [0.05, 0.1) is 0 Å². The number of halogens is 1. The lowest BCUT2D eigenvalue weighted by Crippen LogP contribution is -2.31. The van der Waals surface area contributed by atoms with E-state index in [0.29, 0.717) is 5.03 Å². The smallest absolute Gasteiger partial charge is 0.155 e. The molecule has 0 spiro atoms. The largest absolute Gasteiger partial charge is 0.378 e. The molecule has 0 aromatic heterocycles. The van der Waals surface area contributed by atoms with E-state index in [1.165, 1.54) is 6.92 Å². The molecule has 0 aliphatic carbocycles. The summed E-state index contributed by atoms with van der Waals surface area (Å²) in [5, 5.41) is 3.47. The minimum Gasteiger partial charge on any atom is -0.378 e. The van der Waals surface area contributed by atoms with Gasteiger partial charge < -0.3 is 5.32 Å². The second-order valence-electron chi connectivity index (χ2n) is 2.14. The molecule has 1 aliphatic rings. The number of nitrogens with one attached hydrogen (secondary N) is 1. The van der Waals surface area contributed by atoms with Gasteiger partial charge >= 0.3 is 0 Å². The zero-order valence-corrected chi connectivity index (χ0v) is 6.35. The van der Waals surface area contributed by atoms with Gasteiger partial charge in [-0.15, -0.1) is 0 Å². The summed E-state index contributed by atoms with van der Waals surface area (Å²) < 4.78 is 0. The lowest BCUT2D eigenvalue weighted by atomic mass is 10.1. The molecule has 0 saturated heterocycles. The highest BCUT2D eigenvalue weighted by Gasteiger charge is 2.10. The van der Waals surface area contributed by atoms with Crippen LogP contribution in [0.1, 0.15) is 6.92 Å². The second kappa shape index (κ2) is 2.88. The first kappa shape index (κ1) is 7.35. The van der Waals surface area contributed by atoms with E-state index in [1.54, 1.807) is 18.4 Å². The SMILES string of the molecule is CC(=O)C1C=C(Cl)C=CN1. The van der Waals surface area contributed by atoms with E-state index >= 15 is 0 Å². The van der Waals surface area contributed by atoms with Gasteiger partial charge in [0.1, 0.15) is 6.04 Å². The van der Waals surface area contributed by atoms with Crippen molar-refractivity contribution in [2.75, 3.05) is 0 Å². The molecule has 1 heterocycles. The molecule has 0 aromatic rings. The van der Waals surface area contributed by atoms with Crippen LogP contribution in [0.25, 0.3) is 0 Å². The Labute approximate surface area is 64.6 Å². The molecule has 3 heteroatoms. The Morgan fingerprint density at radius 2 is 2.50 bits per heavy atom. The molecule has 0 radical (unpaired) electrons. The second-order valence-corrected chi connectivity index (χ2v) is 2.58. The van der Waals surface area contributed by atoms with Crippen molar-refractivity contribution in [1.29, 1.82) is 0 Å². The lowest BCUT2D eigenvalue weighted by Gasteiger charge is -2.12. The zero-order valence-electron chi connectivity index (χ0n) is 5.60. The summed E-state index contributed by atoms with van der Waals surface area (Å²) in [6.45, 7) is 1.53. The van der Waals surface area contributed by atoms with Crippen molar-refractivity contribution in [2.45, 2.75) is 13.0 Å². The highest BCUT2D eigenvalue weighted by atomic mass is 35.5. The molecular formula is C7H8ClNO. The highest BCUT2D eigenvalue weighted by molar-refractivity contribution is 6.31. The van der Waals surface area contributed by atoms with Crippen LogP contribution in [0.4, 0.5) is 0 Å². The van der Waals surface area contributed by atoms with Gasteiger partial charge in [0.15, 0.2) is 5.78 Å². The standard InChI is InChI=1S/C7H8ClNO/c1-5(10)7-4-6(8)2-3-9-7/h2-4,7,9H,1H3. The summed E-state index contributed by atoms with van der Waals surface area (Å²) in [6.07, 6.45) is 5.07. The van der Waals surface area contributed by atoms with Crippen LogP contribution in [0.2, 0.25) is 0 Å². The van der Waals surface area contributed by atoms with Crippen LogP contribution in [0.5, 0.6) is 0 Å². The summed E-state index contributed by atoms with van der Waals surface area (Å²) in [6, 6.07) is -0.238. The van der Waals surface area contributed by atoms with Gasteiger partial charge in [-0.1, -0.05) is 11.6 Å². The Kier molecular flexibility index (Phi) is 2.12. The summed E-state index contributed by atoms with van der Waals surface area (Å²) in [5.74, 6) is 0.0718. The van der Waals surface area contributed by atoms with Gasteiger partial charge in [0.25, 0.3) is 0 Å². The molecule has 0 fully saturated rings. The minimum absolute atomic E-state index is 0.0718. The molecule has 1 rings (SSSR count). The van der Waals surface area contributed by atoms with Crippen LogP contribution < -0.4 is 5.32 Å². The van der Waals surface area contributed by atoms with Crippen molar-refractivity contribution < 1.29 is 4.79 Å². The molecular weight excluding hydrogens is 150 g/mol. The van der Waals surface area contributed by atoms with E-state index in [2.05, 4.69) is 5.32 Å². The number of allylic oxidation sites excluding steroid dienone is 2. The Bertz CT molecular complexity index is 208. The molecule has 0 aromatic carbocycles. The van der Waals surface area contributed by atoms with Crippen molar-refractivity contribution >= 4 is 17.4 Å². The Hall–Kier alpha value is -0.760. The molecule has 0 saturated carbocycles. The maximum Gasteiger partial charge on any atom is 0.155 e. The molecule has 1 unspecified atom stereocenters. The molecule has 0 amide bonds. The monoisotopic (exact) mass is 157 g/mol. The third kappa shape index (κ3) is 1.61. The van der Waals surface area contributed by atoms with Crippen LogP contribution in [-0.4, -0.2) is 11.8 Å². The van der Waals surface area contributed by atoms with Crippen molar-refractivity contribution in [2.24, 2.45) is 0 Å². The van der Waals surface area contributed by atoms with Crippen molar-refractivity contribution in [3.63, 3.8) is 0 Å². The van der Waals surface area contributed by atoms with Gasteiger partial charge in [-0.25, -0.2) is 0 Å².